The maximum absolute atomic E-state index is 10.6. The van der Waals surface area contributed by atoms with E-state index in [0.29, 0.717) is 5.39 Å². The Morgan fingerprint density at radius 1 is 1.38 bits per heavy atom. The fourth-order valence-electron chi connectivity index (χ4n) is 2.30. The average molecular weight is 217 g/mol. The van der Waals surface area contributed by atoms with E-state index in [1.165, 1.54) is 5.56 Å². The summed E-state index contributed by atoms with van der Waals surface area (Å²) in [5.74, 6) is -0.149. The van der Waals surface area contributed by atoms with Gasteiger partial charge in [0.2, 0.25) is 5.88 Å². The summed E-state index contributed by atoms with van der Waals surface area (Å²) in [6.07, 6.45) is 0.967. The molecule has 0 saturated heterocycles. The molecule has 0 radical (unpaired) electrons. The lowest BCUT2D eigenvalue weighted by atomic mass is 9.98. The first-order valence-corrected chi connectivity index (χ1v) is 5.20. The molecule has 2 aromatic rings. The van der Waals surface area contributed by atoms with E-state index in [2.05, 4.69) is 15.5 Å². The van der Waals surface area contributed by atoms with E-state index in [1.54, 1.807) is 0 Å². The summed E-state index contributed by atoms with van der Waals surface area (Å²) >= 11 is 0. The van der Waals surface area contributed by atoms with Crippen LogP contribution in [0.4, 0.5) is 5.69 Å². The minimum absolute atomic E-state index is 0.100. The summed E-state index contributed by atoms with van der Waals surface area (Å²) < 4.78 is 0. The first-order valence-electron chi connectivity index (χ1n) is 5.20. The standard InChI is InChI=1S/C11H11N3O2/c15-11-10(14-16)7-2-1-6-3-4-12-5-8(6)9(7)13-11/h1-2,12-13,15H,3-5H2. The van der Waals surface area contributed by atoms with Crippen molar-refractivity contribution in [1.29, 1.82) is 0 Å². The van der Waals surface area contributed by atoms with Crippen LogP contribution in [0.25, 0.3) is 10.9 Å². The lowest BCUT2D eigenvalue weighted by molar-refractivity contribution is 0.459. The van der Waals surface area contributed by atoms with Crippen LogP contribution in [0, 0.1) is 4.91 Å². The molecule has 0 spiro atoms. The van der Waals surface area contributed by atoms with E-state index < -0.39 is 0 Å². The normalized spacial score (nSPS) is 15.0. The van der Waals surface area contributed by atoms with Gasteiger partial charge in [0.1, 0.15) is 0 Å². The van der Waals surface area contributed by atoms with Gasteiger partial charge in [0, 0.05) is 11.9 Å². The number of nitrogens with zero attached hydrogens (tertiary/aromatic N) is 1. The number of H-pyrrole nitrogens is 1. The number of nitrogens with one attached hydrogen (secondary N) is 2. The minimum Gasteiger partial charge on any atom is -0.493 e. The number of fused-ring (bicyclic) bond motifs is 3. The summed E-state index contributed by atoms with van der Waals surface area (Å²) in [4.78, 5) is 13.5. The smallest absolute Gasteiger partial charge is 0.219 e. The molecule has 0 unspecified atom stereocenters. The first-order chi connectivity index (χ1) is 7.81. The van der Waals surface area contributed by atoms with E-state index >= 15 is 0 Å². The van der Waals surface area contributed by atoms with E-state index in [4.69, 9.17) is 0 Å². The lowest BCUT2D eigenvalue weighted by Crippen LogP contribution is -2.23. The number of aromatic hydroxyl groups is 1. The molecule has 5 nitrogen and oxygen atoms in total. The topological polar surface area (TPSA) is 77.5 Å². The predicted octanol–water partition coefficient (Wildman–Crippen LogP) is 1.92. The van der Waals surface area contributed by atoms with Crippen LogP contribution in [0.5, 0.6) is 5.88 Å². The molecule has 82 valence electrons. The largest absolute Gasteiger partial charge is 0.493 e. The van der Waals surface area contributed by atoms with Gasteiger partial charge in [-0.15, -0.1) is 4.91 Å². The molecule has 1 aliphatic heterocycles. The van der Waals surface area contributed by atoms with Crippen LogP contribution in [0.15, 0.2) is 17.3 Å². The second kappa shape index (κ2) is 3.31. The molecule has 1 aromatic heterocycles. The van der Waals surface area contributed by atoms with Crippen molar-refractivity contribution in [3.63, 3.8) is 0 Å². The van der Waals surface area contributed by atoms with Crippen molar-refractivity contribution >= 4 is 16.6 Å². The zero-order chi connectivity index (χ0) is 11.1. The molecule has 1 aliphatic rings. The number of nitroso groups, excluding NO2 is 1. The Hall–Kier alpha value is -1.88. The van der Waals surface area contributed by atoms with Gasteiger partial charge >= 0.3 is 0 Å². The molecular weight excluding hydrogens is 206 g/mol. The molecule has 0 amide bonds. The molecule has 0 fully saturated rings. The number of aromatic nitrogens is 1. The van der Waals surface area contributed by atoms with E-state index in [9.17, 15) is 10.0 Å². The average Bonchev–Trinajstić information content (AvgIpc) is 2.65. The maximum atomic E-state index is 10.6. The minimum atomic E-state index is -0.149. The van der Waals surface area contributed by atoms with Gasteiger partial charge in [0.25, 0.3) is 0 Å². The molecule has 2 heterocycles. The van der Waals surface area contributed by atoms with E-state index in [0.717, 1.165) is 30.6 Å². The van der Waals surface area contributed by atoms with Gasteiger partial charge in [-0.3, -0.25) is 0 Å². The number of rotatable bonds is 1. The van der Waals surface area contributed by atoms with Gasteiger partial charge in [-0.05, 0) is 29.3 Å². The van der Waals surface area contributed by atoms with Crippen molar-refractivity contribution in [3.8, 4) is 5.88 Å². The SMILES string of the molecule is O=Nc1c(O)[nH]c2c3c(ccc12)CCNC3. The highest BCUT2D eigenvalue weighted by atomic mass is 16.3. The van der Waals surface area contributed by atoms with Crippen LogP contribution in [0.1, 0.15) is 11.1 Å². The Bertz CT molecular complexity index is 574. The predicted molar refractivity (Wildman–Crippen MR) is 60.8 cm³/mol. The highest BCUT2D eigenvalue weighted by Crippen LogP contribution is 2.37. The van der Waals surface area contributed by atoms with Gasteiger partial charge in [0.05, 0.1) is 5.52 Å². The van der Waals surface area contributed by atoms with E-state index in [-0.39, 0.29) is 11.6 Å². The number of hydrogen-bond acceptors (Lipinski definition) is 4. The molecule has 3 rings (SSSR count). The van der Waals surface area contributed by atoms with Crippen molar-refractivity contribution in [2.75, 3.05) is 6.54 Å². The van der Waals surface area contributed by atoms with Crippen LogP contribution < -0.4 is 5.32 Å². The Labute approximate surface area is 91.5 Å². The van der Waals surface area contributed by atoms with Crippen LogP contribution >= 0.6 is 0 Å². The molecular formula is C11H11N3O2. The monoisotopic (exact) mass is 217 g/mol. The third-order valence-corrected chi connectivity index (χ3v) is 3.10. The number of aromatic amines is 1. The summed E-state index contributed by atoms with van der Waals surface area (Å²) in [6.45, 7) is 1.72. The molecule has 0 bridgehead atoms. The fourth-order valence-corrected chi connectivity index (χ4v) is 2.30. The Kier molecular flexibility index (Phi) is 1.94. The number of hydrogen-bond donors (Lipinski definition) is 3. The molecule has 1 aromatic carbocycles. The molecule has 0 saturated carbocycles. The van der Waals surface area contributed by atoms with Gasteiger partial charge < -0.3 is 15.4 Å². The molecule has 16 heavy (non-hydrogen) atoms. The summed E-state index contributed by atoms with van der Waals surface area (Å²) in [5, 5.41) is 16.4. The van der Waals surface area contributed by atoms with Crippen molar-refractivity contribution in [2.45, 2.75) is 13.0 Å². The second-order valence-electron chi connectivity index (χ2n) is 3.97. The maximum Gasteiger partial charge on any atom is 0.219 e. The quantitative estimate of drug-likeness (QED) is 0.638. The molecule has 5 heteroatoms. The molecule has 0 aliphatic carbocycles. The molecule has 3 N–H and O–H groups in total. The highest BCUT2D eigenvalue weighted by molar-refractivity contribution is 5.96. The zero-order valence-electron chi connectivity index (χ0n) is 8.58. The first kappa shape index (κ1) is 9.35. The van der Waals surface area contributed by atoms with Gasteiger partial charge in [-0.25, -0.2) is 0 Å². The fraction of sp³-hybridized carbons (Fsp3) is 0.273. The third kappa shape index (κ3) is 1.15. The van der Waals surface area contributed by atoms with Crippen LogP contribution in [0.3, 0.4) is 0 Å². The van der Waals surface area contributed by atoms with Crippen molar-refractivity contribution in [3.05, 3.63) is 28.2 Å². The highest BCUT2D eigenvalue weighted by Gasteiger charge is 2.18. The molecule has 0 atom stereocenters. The van der Waals surface area contributed by atoms with Gasteiger partial charge in [-0.2, -0.15) is 0 Å². The number of benzene rings is 1. The summed E-state index contributed by atoms with van der Waals surface area (Å²) in [6, 6.07) is 3.84. The Balaban J connectivity index is 2.36. The summed E-state index contributed by atoms with van der Waals surface area (Å²) in [5.41, 5.74) is 3.29. The van der Waals surface area contributed by atoms with Gasteiger partial charge in [-0.1, -0.05) is 12.1 Å². The van der Waals surface area contributed by atoms with E-state index in [1.807, 2.05) is 12.1 Å². The van der Waals surface area contributed by atoms with Crippen molar-refractivity contribution in [1.82, 2.24) is 10.3 Å². The van der Waals surface area contributed by atoms with Crippen molar-refractivity contribution in [2.24, 2.45) is 5.18 Å². The van der Waals surface area contributed by atoms with Crippen LogP contribution in [-0.2, 0) is 13.0 Å². The zero-order valence-corrected chi connectivity index (χ0v) is 8.58. The van der Waals surface area contributed by atoms with Crippen LogP contribution in [-0.4, -0.2) is 16.6 Å². The summed E-state index contributed by atoms with van der Waals surface area (Å²) in [7, 11) is 0. The second-order valence-corrected chi connectivity index (χ2v) is 3.97. The van der Waals surface area contributed by atoms with Crippen LogP contribution in [0.2, 0.25) is 0 Å². The third-order valence-electron chi connectivity index (χ3n) is 3.10. The lowest BCUT2D eigenvalue weighted by Gasteiger charge is -2.17. The Morgan fingerprint density at radius 3 is 3.06 bits per heavy atom. The van der Waals surface area contributed by atoms with Gasteiger partial charge in [0.15, 0.2) is 5.69 Å². The Morgan fingerprint density at radius 2 is 2.25 bits per heavy atom. The van der Waals surface area contributed by atoms with Crippen molar-refractivity contribution < 1.29 is 5.11 Å².